The Morgan fingerprint density at radius 1 is 1.29 bits per heavy atom. The molecule has 0 saturated heterocycles. The third-order valence-electron chi connectivity index (χ3n) is 2.90. The largest absolute Gasteiger partial charge is 0.456 e. The Morgan fingerprint density at radius 2 is 1.96 bits per heavy atom. The van der Waals surface area contributed by atoms with Crippen molar-refractivity contribution in [1.82, 2.24) is 0 Å². The van der Waals surface area contributed by atoms with Gasteiger partial charge in [-0.15, -0.1) is 0 Å². The summed E-state index contributed by atoms with van der Waals surface area (Å²) >= 11 is 5.94. The maximum atomic E-state index is 11.8. The number of hydrogen-bond acceptors (Lipinski definition) is 5. The Hall–Kier alpha value is -2.27. The summed E-state index contributed by atoms with van der Waals surface area (Å²) in [6, 6.07) is 13.0. The van der Waals surface area contributed by atoms with Crippen LogP contribution in [-0.2, 0) is 10.0 Å². The first kappa shape index (κ1) is 18.1. The lowest BCUT2D eigenvalue weighted by Gasteiger charge is -2.11. The van der Waals surface area contributed by atoms with Gasteiger partial charge in [0.15, 0.2) is 0 Å². The van der Waals surface area contributed by atoms with Crippen LogP contribution in [0.15, 0.2) is 42.5 Å². The predicted octanol–water partition coefficient (Wildman–Crippen LogP) is 3.13. The molecule has 0 aliphatic heterocycles. The molecular formula is C16H15ClN2O4S. The van der Waals surface area contributed by atoms with Crippen molar-refractivity contribution < 1.29 is 18.3 Å². The Bertz CT molecular complexity index is 859. The van der Waals surface area contributed by atoms with Gasteiger partial charge >= 0.3 is 0 Å². The van der Waals surface area contributed by atoms with Gasteiger partial charge in [-0.2, -0.15) is 5.26 Å². The Labute approximate surface area is 145 Å². The fourth-order valence-corrected chi connectivity index (χ4v) is 3.38. The van der Waals surface area contributed by atoms with E-state index >= 15 is 0 Å². The highest BCUT2D eigenvalue weighted by atomic mass is 35.5. The third kappa shape index (κ3) is 4.86. The predicted molar refractivity (Wildman–Crippen MR) is 91.8 cm³/mol. The summed E-state index contributed by atoms with van der Waals surface area (Å²) in [5.41, 5.74) is 0.565. The summed E-state index contributed by atoms with van der Waals surface area (Å²) in [7, 11) is -3.62. The van der Waals surface area contributed by atoms with Crippen molar-refractivity contribution in [2.45, 2.75) is 13.0 Å². The first-order chi connectivity index (χ1) is 11.3. The average molecular weight is 367 g/mol. The van der Waals surface area contributed by atoms with E-state index in [2.05, 4.69) is 4.72 Å². The van der Waals surface area contributed by atoms with E-state index in [-0.39, 0.29) is 16.3 Å². The molecule has 0 heterocycles. The molecule has 1 atom stereocenters. The number of nitriles is 1. The third-order valence-corrected chi connectivity index (χ3v) is 4.69. The van der Waals surface area contributed by atoms with Crippen molar-refractivity contribution in [2.24, 2.45) is 0 Å². The molecule has 0 fully saturated rings. The van der Waals surface area contributed by atoms with Crippen LogP contribution in [-0.4, -0.2) is 25.4 Å². The van der Waals surface area contributed by atoms with Crippen molar-refractivity contribution >= 4 is 27.3 Å². The van der Waals surface area contributed by atoms with Gasteiger partial charge in [-0.3, -0.25) is 4.72 Å². The van der Waals surface area contributed by atoms with Gasteiger partial charge in [0.1, 0.15) is 23.1 Å². The number of sulfonamides is 1. The van der Waals surface area contributed by atoms with Crippen LogP contribution < -0.4 is 9.46 Å². The molecule has 0 saturated carbocycles. The highest BCUT2D eigenvalue weighted by Gasteiger charge is 2.14. The number of benzene rings is 2. The molecule has 1 unspecified atom stereocenters. The molecule has 2 rings (SSSR count). The second kappa shape index (κ2) is 7.53. The Morgan fingerprint density at radius 3 is 2.54 bits per heavy atom. The van der Waals surface area contributed by atoms with Crippen LogP contribution in [0.3, 0.4) is 0 Å². The zero-order chi connectivity index (χ0) is 17.7. The number of ether oxygens (including phenoxy) is 1. The van der Waals surface area contributed by atoms with E-state index in [1.54, 1.807) is 30.3 Å². The van der Waals surface area contributed by atoms with Crippen LogP contribution in [0.1, 0.15) is 12.5 Å². The molecule has 0 bridgehead atoms. The Kier molecular flexibility index (Phi) is 5.67. The molecule has 126 valence electrons. The van der Waals surface area contributed by atoms with Crippen LogP contribution >= 0.6 is 11.6 Å². The lowest BCUT2D eigenvalue weighted by molar-refractivity contribution is 0.218. The molecule has 6 nitrogen and oxygen atoms in total. The standard InChI is InChI=1S/C16H15ClN2O4S/c1-11(20)10-24(21,22)19-12-5-7-13(8-6-12)23-16-4-2-3-15(17)14(16)9-18/h2-8,11,19-20H,10H2,1H3. The van der Waals surface area contributed by atoms with E-state index in [1.807, 2.05) is 6.07 Å². The topological polar surface area (TPSA) is 99.4 Å². The van der Waals surface area contributed by atoms with Gasteiger partial charge < -0.3 is 9.84 Å². The molecule has 0 spiro atoms. The highest BCUT2D eigenvalue weighted by Crippen LogP contribution is 2.30. The van der Waals surface area contributed by atoms with Crippen LogP contribution in [0.25, 0.3) is 0 Å². The van der Waals surface area contributed by atoms with Crippen molar-refractivity contribution in [1.29, 1.82) is 5.26 Å². The number of aliphatic hydroxyl groups is 1. The Balaban J connectivity index is 2.14. The molecule has 8 heteroatoms. The fraction of sp³-hybridized carbons (Fsp3) is 0.188. The summed E-state index contributed by atoms with van der Waals surface area (Å²) in [5, 5.41) is 18.6. The molecule has 0 amide bonds. The van der Waals surface area contributed by atoms with E-state index in [1.165, 1.54) is 19.1 Å². The number of anilines is 1. The molecule has 24 heavy (non-hydrogen) atoms. The van der Waals surface area contributed by atoms with Gasteiger partial charge in [0, 0.05) is 5.69 Å². The van der Waals surface area contributed by atoms with E-state index in [0.717, 1.165) is 0 Å². The number of rotatable bonds is 6. The van der Waals surface area contributed by atoms with Crippen molar-refractivity contribution in [3.05, 3.63) is 53.1 Å². The zero-order valence-corrected chi connectivity index (χ0v) is 14.3. The van der Waals surface area contributed by atoms with Crippen molar-refractivity contribution in [2.75, 3.05) is 10.5 Å². The summed E-state index contributed by atoms with van der Waals surface area (Å²) in [6.45, 7) is 1.40. The van der Waals surface area contributed by atoms with Gasteiger partial charge in [0.2, 0.25) is 10.0 Å². The number of nitrogens with zero attached hydrogens (tertiary/aromatic N) is 1. The second-order valence-corrected chi connectivity index (χ2v) is 7.26. The summed E-state index contributed by atoms with van der Waals surface area (Å²) in [4.78, 5) is 0. The lowest BCUT2D eigenvalue weighted by Crippen LogP contribution is -2.23. The van der Waals surface area contributed by atoms with E-state index < -0.39 is 16.1 Å². The van der Waals surface area contributed by atoms with Crippen LogP contribution in [0.4, 0.5) is 5.69 Å². The van der Waals surface area contributed by atoms with E-state index in [4.69, 9.17) is 26.7 Å². The van der Waals surface area contributed by atoms with Crippen LogP contribution in [0.5, 0.6) is 11.5 Å². The molecule has 0 aromatic heterocycles. The number of nitrogens with one attached hydrogen (secondary N) is 1. The highest BCUT2D eigenvalue weighted by molar-refractivity contribution is 7.92. The van der Waals surface area contributed by atoms with Crippen molar-refractivity contribution in [3.63, 3.8) is 0 Å². The molecule has 0 aliphatic rings. The number of halogens is 1. The lowest BCUT2D eigenvalue weighted by atomic mass is 10.2. The number of aliphatic hydroxyl groups excluding tert-OH is 1. The SMILES string of the molecule is CC(O)CS(=O)(=O)Nc1ccc(Oc2cccc(Cl)c2C#N)cc1. The van der Waals surface area contributed by atoms with Crippen LogP contribution in [0, 0.1) is 11.3 Å². The van der Waals surface area contributed by atoms with Gasteiger partial charge in [-0.25, -0.2) is 8.42 Å². The zero-order valence-electron chi connectivity index (χ0n) is 12.7. The minimum absolute atomic E-state index is 0.223. The summed E-state index contributed by atoms with van der Waals surface area (Å²) < 4.78 is 31.5. The first-order valence-electron chi connectivity index (χ1n) is 6.96. The average Bonchev–Trinajstić information content (AvgIpc) is 2.48. The monoisotopic (exact) mass is 366 g/mol. The number of hydrogen-bond donors (Lipinski definition) is 2. The first-order valence-corrected chi connectivity index (χ1v) is 8.99. The molecule has 2 N–H and O–H groups in total. The van der Waals surface area contributed by atoms with Crippen LogP contribution in [0.2, 0.25) is 5.02 Å². The van der Waals surface area contributed by atoms with E-state index in [0.29, 0.717) is 17.2 Å². The summed E-state index contributed by atoms with van der Waals surface area (Å²) in [5.74, 6) is 0.346. The minimum Gasteiger partial charge on any atom is -0.456 e. The smallest absolute Gasteiger partial charge is 0.235 e. The van der Waals surface area contributed by atoms with Gasteiger partial charge in [-0.05, 0) is 43.3 Å². The van der Waals surface area contributed by atoms with Crippen molar-refractivity contribution in [3.8, 4) is 17.6 Å². The van der Waals surface area contributed by atoms with Gasteiger partial charge in [0.05, 0.1) is 16.9 Å². The molecular weight excluding hydrogens is 352 g/mol. The normalized spacial score (nSPS) is 12.2. The maximum absolute atomic E-state index is 11.8. The van der Waals surface area contributed by atoms with Gasteiger partial charge in [0.25, 0.3) is 0 Å². The van der Waals surface area contributed by atoms with Gasteiger partial charge in [-0.1, -0.05) is 17.7 Å². The molecule has 2 aromatic carbocycles. The quantitative estimate of drug-likeness (QED) is 0.818. The molecule has 2 aromatic rings. The second-order valence-electron chi connectivity index (χ2n) is 5.08. The maximum Gasteiger partial charge on any atom is 0.235 e. The van der Waals surface area contributed by atoms with E-state index in [9.17, 15) is 8.42 Å². The fourth-order valence-electron chi connectivity index (χ4n) is 1.95. The molecule has 0 aliphatic carbocycles. The minimum atomic E-state index is -3.62. The molecule has 0 radical (unpaired) electrons. The summed E-state index contributed by atoms with van der Waals surface area (Å²) in [6.07, 6.45) is -0.961.